The van der Waals surface area contributed by atoms with Crippen LogP contribution in [0.1, 0.15) is 0 Å². The van der Waals surface area contributed by atoms with Crippen molar-refractivity contribution in [1.29, 1.82) is 0 Å². The van der Waals surface area contributed by atoms with Gasteiger partial charge in [-0.25, -0.2) is 0 Å². The molecular weight excluding hydrogens is 382 g/mol. The predicted octanol–water partition coefficient (Wildman–Crippen LogP) is 5.23. The van der Waals surface area contributed by atoms with E-state index in [4.69, 9.17) is 18.6 Å². The fourth-order valence-electron chi connectivity index (χ4n) is 3.25. The van der Waals surface area contributed by atoms with Crippen molar-refractivity contribution in [3.63, 3.8) is 0 Å². The first-order chi connectivity index (χ1) is 14.6. The minimum Gasteiger partial charge on any atom is -0.497 e. The van der Waals surface area contributed by atoms with Gasteiger partial charge >= 0.3 is 0 Å². The second-order valence-electron chi connectivity index (χ2n) is 6.61. The number of rotatable bonds is 6. The Hall–Kier alpha value is -3.93. The summed E-state index contributed by atoms with van der Waals surface area (Å²) in [5.74, 6) is 1.93. The fourth-order valence-corrected chi connectivity index (χ4v) is 3.25. The van der Waals surface area contributed by atoms with Crippen molar-refractivity contribution < 1.29 is 18.6 Å². The van der Waals surface area contributed by atoms with Crippen LogP contribution in [0.2, 0.25) is 0 Å². The number of hydrogen-bond acceptors (Lipinski definition) is 6. The van der Waals surface area contributed by atoms with Gasteiger partial charge in [0.25, 0.3) is 0 Å². The first-order valence-electron chi connectivity index (χ1n) is 9.32. The minimum absolute atomic E-state index is 0.112. The van der Waals surface area contributed by atoms with Crippen molar-refractivity contribution in [3.05, 3.63) is 77.2 Å². The van der Waals surface area contributed by atoms with Crippen molar-refractivity contribution >= 4 is 22.3 Å². The molecule has 30 heavy (non-hydrogen) atoms. The van der Waals surface area contributed by atoms with Crippen LogP contribution in [0.3, 0.4) is 0 Å². The number of fused-ring (bicyclic) bond motifs is 1. The Morgan fingerprint density at radius 1 is 0.767 bits per heavy atom. The highest BCUT2D eigenvalue weighted by molar-refractivity contribution is 5.85. The maximum absolute atomic E-state index is 13.1. The third kappa shape index (κ3) is 3.67. The first kappa shape index (κ1) is 19.4. The van der Waals surface area contributed by atoms with Gasteiger partial charge in [0.15, 0.2) is 16.9 Å². The molecule has 0 aliphatic carbocycles. The molecule has 0 atom stereocenters. The van der Waals surface area contributed by atoms with Crippen LogP contribution in [0.15, 0.2) is 76.1 Å². The highest BCUT2D eigenvalue weighted by Gasteiger charge is 2.13. The summed E-state index contributed by atoms with van der Waals surface area (Å²) in [6, 6.07) is 18.3. The zero-order chi connectivity index (χ0) is 21.1. The molecule has 4 aromatic rings. The van der Waals surface area contributed by atoms with Crippen LogP contribution in [0.5, 0.6) is 17.2 Å². The lowest BCUT2D eigenvalue weighted by molar-refractivity contribution is 0.355. The van der Waals surface area contributed by atoms with Crippen LogP contribution in [0.4, 0.5) is 11.4 Å². The van der Waals surface area contributed by atoms with Crippen molar-refractivity contribution in [2.45, 2.75) is 0 Å². The molecule has 1 aromatic heterocycles. The van der Waals surface area contributed by atoms with E-state index in [1.54, 1.807) is 51.7 Å². The van der Waals surface area contributed by atoms with Crippen LogP contribution in [0, 0.1) is 0 Å². The van der Waals surface area contributed by atoms with Crippen molar-refractivity contribution in [2.24, 2.45) is 0 Å². The second-order valence-corrected chi connectivity index (χ2v) is 6.61. The fraction of sp³-hybridized carbons (Fsp3) is 0.125. The lowest BCUT2D eigenvalue weighted by Crippen LogP contribution is -2.05. The Balaban J connectivity index is 1.68. The monoisotopic (exact) mass is 403 g/mol. The van der Waals surface area contributed by atoms with Crippen LogP contribution >= 0.6 is 0 Å². The quantitative estimate of drug-likeness (QED) is 0.475. The average molecular weight is 403 g/mol. The van der Waals surface area contributed by atoms with E-state index in [1.807, 2.05) is 30.3 Å². The molecule has 0 bridgehead atoms. The van der Waals surface area contributed by atoms with Gasteiger partial charge in [-0.3, -0.25) is 4.79 Å². The highest BCUT2D eigenvalue weighted by Crippen LogP contribution is 2.32. The number of nitrogens with one attached hydrogen (secondary N) is 1. The largest absolute Gasteiger partial charge is 0.497 e. The average Bonchev–Trinajstić information content (AvgIpc) is 2.79. The van der Waals surface area contributed by atoms with E-state index < -0.39 is 0 Å². The summed E-state index contributed by atoms with van der Waals surface area (Å²) < 4.78 is 21.6. The zero-order valence-electron chi connectivity index (χ0n) is 16.9. The third-order valence-corrected chi connectivity index (χ3v) is 4.85. The van der Waals surface area contributed by atoms with Gasteiger partial charge in [0.1, 0.15) is 17.6 Å². The molecule has 0 saturated carbocycles. The summed E-state index contributed by atoms with van der Waals surface area (Å²) >= 11 is 0. The lowest BCUT2D eigenvalue weighted by atomic mass is 10.0. The Bertz CT molecular complexity index is 1240. The molecule has 3 aromatic carbocycles. The molecule has 0 aliphatic heterocycles. The molecule has 0 fully saturated rings. The summed E-state index contributed by atoms with van der Waals surface area (Å²) in [6.07, 6.45) is 1.48. The molecule has 0 radical (unpaired) electrons. The molecule has 6 heteroatoms. The number of methoxy groups -OCH3 is 3. The molecule has 1 N–H and O–H groups in total. The Labute approximate surface area is 173 Å². The molecule has 4 rings (SSSR count). The van der Waals surface area contributed by atoms with Crippen molar-refractivity contribution in [3.8, 4) is 28.4 Å². The van der Waals surface area contributed by atoms with Gasteiger partial charge in [0.2, 0.25) is 0 Å². The normalized spacial score (nSPS) is 10.6. The standard InChI is InChI=1S/C24H21NO5/c1-27-18-8-5-16(6-9-18)25-17-7-10-19-22(13-17)30-14-20(24(19)26)15-4-11-21(28-2)23(12-15)29-3/h4-14,25H,1-3H3. The van der Waals surface area contributed by atoms with E-state index in [2.05, 4.69) is 5.32 Å². The summed E-state index contributed by atoms with van der Waals surface area (Å²) in [6.45, 7) is 0. The van der Waals surface area contributed by atoms with E-state index in [-0.39, 0.29) is 5.43 Å². The summed E-state index contributed by atoms with van der Waals surface area (Å²) in [5.41, 5.74) is 3.26. The molecule has 0 spiro atoms. The highest BCUT2D eigenvalue weighted by atomic mass is 16.5. The smallest absolute Gasteiger partial charge is 0.200 e. The zero-order valence-corrected chi connectivity index (χ0v) is 16.9. The molecule has 0 amide bonds. The van der Waals surface area contributed by atoms with Gasteiger partial charge in [0, 0.05) is 17.4 Å². The van der Waals surface area contributed by atoms with Gasteiger partial charge in [0.05, 0.1) is 32.3 Å². The number of hydrogen-bond donors (Lipinski definition) is 1. The van der Waals surface area contributed by atoms with Crippen LogP contribution in [-0.2, 0) is 0 Å². The molecule has 0 unspecified atom stereocenters. The van der Waals surface area contributed by atoms with Crippen molar-refractivity contribution in [2.75, 3.05) is 26.6 Å². The summed E-state index contributed by atoms with van der Waals surface area (Å²) in [5, 5.41) is 3.80. The maximum atomic E-state index is 13.1. The molecule has 0 aliphatic rings. The SMILES string of the molecule is COc1ccc(Nc2ccc3c(=O)c(-c4ccc(OC)c(OC)c4)coc3c2)cc1. The van der Waals surface area contributed by atoms with E-state index in [0.717, 1.165) is 17.1 Å². The predicted molar refractivity (Wildman–Crippen MR) is 117 cm³/mol. The topological polar surface area (TPSA) is 69.9 Å². The van der Waals surface area contributed by atoms with Gasteiger partial charge in [-0.15, -0.1) is 0 Å². The molecular formula is C24H21NO5. The molecule has 0 saturated heterocycles. The molecule has 152 valence electrons. The maximum Gasteiger partial charge on any atom is 0.200 e. The lowest BCUT2D eigenvalue weighted by Gasteiger charge is -2.10. The van der Waals surface area contributed by atoms with Gasteiger partial charge in [-0.2, -0.15) is 0 Å². The van der Waals surface area contributed by atoms with Crippen LogP contribution in [0.25, 0.3) is 22.1 Å². The van der Waals surface area contributed by atoms with E-state index >= 15 is 0 Å². The van der Waals surface area contributed by atoms with Gasteiger partial charge < -0.3 is 23.9 Å². The van der Waals surface area contributed by atoms with E-state index in [9.17, 15) is 4.79 Å². The summed E-state index contributed by atoms with van der Waals surface area (Å²) in [7, 11) is 4.76. The van der Waals surface area contributed by atoms with E-state index in [0.29, 0.717) is 33.6 Å². The Morgan fingerprint density at radius 3 is 2.20 bits per heavy atom. The summed E-state index contributed by atoms with van der Waals surface area (Å²) in [4.78, 5) is 13.1. The first-order valence-corrected chi connectivity index (χ1v) is 9.32. The molecule has 1 heterocycles. The third-order valence-electron chi connectivity index (χ3n) is 4.85. The number of ether oxygens (including phenoxy) is 3. The van der Waals surface area contributed by atoms with Crippen molar-refractivity contribution in [1.82, 2.24) is 0 Å². The number of benzene rings is 3. The Kier molecular flexibility index (Phi) is 5.30. The number of anilines is 2. The second kappa shape index (κ2) is 8.21. The van der Waals surface area contributed by atoms with Crippen LogP contribution < -0.4 is 25.0 Å². The Morgan fingerprint density at radius 2 is 1.50 bits per heavy atom. The molecule has 6 nitrogen and oxygen atoms in total. The van der Waals surface area contributed by atoms with Crippen LogP contribution in [-0.4, -0.2) is 21.3 Å². The van der Waals surface area contributed by atoms with Gasteiger partial charge in [-0.1, -0.05) is 6.07 Å². The minimum atomic E-state index is -0.112. The van der Waals surface area contributed by atoms with Gasteiger partial charge in [-0.05, 0) is 54.1 Å². The van der Waals surface area contributed by atoms with E-state index in [1.165, 1.54) is 6.26 Å².